The molecule has 4 rings (SSSR count). The third kappa shape index (κ3) is 5.09. The first kappa shape index (κ1) is 20.6. The van der Waals surface area contributed by atoms with Crippen LogP contribution < -0.4 is 10.1 Å². The van der Waals surface area contributed by atoms with Crippen molar-refractivity contribution < 1.29 is 18.3 Å². The lowest BCUT2D eigenvalue weighted by Gasteiger charge is -2.18. The van der Waals surface area contributed by atoms with E-state index in [2.05, 4.69) is 33.2 Å². The topological polar surface area (TPSA) is 54.1 Å². The van der Waals surface area contributed by atoms with Crippen molar-refractivity contribution in [2.24, 2.45) is 0 Å². The summed E-state index contributed by atoms with van der Waals surface area (Å²) in [7, 11) is 0. The SMILES string of the molecule is O=C(Cc1ccc(OC(F)F)cc1)NCC(c1ccccc1)c1c[nH]c2ccccc12. The molecular weight excluding hydrogens is 398 g/mol. The average Bonchev–Trinajstić information content (AvgIpc) is 3.20. The van der Waals surface area contributed by atoms with Crippen LogP contribution in [0.5, 0.6) is 5.75 Å². The van der Waals surface area contributed by atoms with Gasteiger partial charge in [0.1, 0.15) is 5.75 Å². The Hall–Kier alpha value is -3.67. The van der Waals surface area contributed by atoms with Crippen LogP contribution in [0.1, 0.15) is 22.6 Å². The maximum atomic E-state index is 12.6. The number of benzene rings is 3. The van der Waals surface area contributed by atoms with E-state index >= 15 is 0 Å². The molecule has 31 heavy (non-hydrogen) atoms. The van der Waals surface area contributed by atoms with Crippen LogP contribution in [0.2, 0.25) is 0 Å². The fourth-order valence-corrected chi connectivity index (χ4v) is 3.73. The predicted octanol–water partition coefficient (Wildman–Crippen LogP) is 5.26. The number of fused-ring (bicyclic) bond motifs is 1. The molecule has 3 aromatic carbocycles. The second kappa shape index (κ2) is 9.43. The van der Waals surface area contributed by atoms with Crippen LogP contribution in [0.15, 0.2) is 85.1 Å². The van der Waals surface area contributed by atoms with E-state index in [9.17, 15) is 13.6 Å². The molecule has 1 unspecified atom stereocenters. The fourth-order valence-electron chi connectivity index (χ4n) is 3.73. The van der Waals surface area contributed by atoms with Crippen LogP contribution in [0.25, 0.3) is 10.9 Å². The lowest BCUT2D eigenvalue weighted by atomic mass is 9.91. The Morgan fingerprint density at radius 1 is 0.935 bits per heavy atom. The quantitative estimate of drug-likeness (QED) is 0.409. The van der Waals surface area contributed by atoms with Crippen molar-refractivity contribution in [2.75, 3.05) is 6.54 Å². The predicted molar refractivity (Wildman–Crippen MR) is 116 cm³/mol. The number of carbonyl (C=O) groups is 1. The molecule has 1 aromatic heterocycles. The zero-order valence-corrected chi connectivity index (χ0v) is 16.7. The monoisotopic (exact) mass is 420 g/mol. The number of hydrogen-bond acceptors (Lipinski definition) is 2. The Kier molecular flexibility index (Phi) is 6.26. The van der Waals surface area contributed by atoms with Gasteiger partial charge in [-0.05, 0) is 34.9 Å². The summed E-state index contributed by atoms with van der Waals surface area (Å²) in [6, 6.07) is 24.3. The molecule has 0 aliphatic heterocycles. The van der Waals surface area contributed by atoms with E-state index in [1.54, 1.807) is 12.1 Å². The molecule has 0 fully saturated rings. The van der Waals surface area contributed by atoms with E-state index in [4.69, 9.17) is 0 Å². The van der Waals surface area contributed by atoms with Crippen molar-refractivity contribution in [3.63, 3.8) is 0 Å². The van der Waals surface area contributed by atoms with E-state index in [0.29, 0.717) is 6.54 Å². The number of aromatic nitrogens is 1. The third-order valence-electron chi connectivity index (χ3n) is 5.22. The highest BCUT2D eigenvalue weighted by atomic mass is 19.3. The highest BCUT2D eigenvalue weighted by Crippen LogP contribution is 2.30. The summed E-state index contributed by atoms with van der Waals surface area (Å²) in [6.45, 7) is -2.43. The number of nitrogens with one attached hydrogen (secondary N) is 2. The van der Waals surface area contributed by atoms with Crippen molar-refractivity contribution in [3.8, 4) is 5.75 Å². The first-order valence-electron chi connectivity index (χ1n) is 10.0. The molecule has 1 atom stereocenters. The minimum absolute atomic E-state index is 0.0110. The van der Waals surface area contributed by atoms with Crippen LogP contribution in [-0.2, 0) is 11.2 Å². The van der Waals surface area contributed by atoms with E-state index in [1.165, 1.54) is 12.1 Å². The summed E-state index contributed by atoms with van der Waals surface area (Å²) in [5.74, 6) is -0.0750. The van der Waals surface area contributed by atoms with Crippen molar-refractivity contribution in [1.29, 1.82) is 0 Å². The van der Waals surface area contributed by atoms with Gasteiger partial charge in [0.15, 0.2) is 0 Å². The zero-order valence-electron chi connectivity index (χ0n) is 16.7. The molecule has 6 heteroatoms. The molecule has 0 aliphatic carbocycles. The summed E-state index contributed by atoms with van der Waals surface area (Å²) in [5.41, 5.74) is 4.01. The number of amides is 1. The summed E-state index contributed by atoms with van der Waals surface area (Å²) in [5, 5.41) is 4.15. The molecule has 0 aliphatic rings. The van der Waals surface area contributed by atoms with Crippen LogP contribution in [-0.4, -0.2) is 24.0 Å². The molecule has 158 valence electrons. The molecule has 1 heterocycles. The number of carbonyl (C=O) groups excluding carboxylic acids is 1. The van der Waals surface area contributed by atoms with Crippen molar-refractivity contribution in [1.82, 2.24) is 10.3 Å². The van der Waals surface area contributed by atoms with Gasteiger partial charge in [0.05, 0.1) is 6.42 Å². The standard InChI is InChI=1S/C25H22F2N2O2/c26-25(27)31-19-12-10-17(11-13-19)14-24(30)29-15-21(18-6-2-1-3-7-18)22-16-28-23-9-5-4-8-20(22)23/h1-13,16,21,25,28H,14-15H2,(H,29,30). The first-order chi connectivity index (χ1) is 15.1. The molecule has 2 N–H and O–H groups in total. The van der Waals surface area contributed by atoms with Gasteiger partial charge in [0.25, 0.3) is 0 Å². The van der Waals surface area contributed by atoms with Crippen LogP contribution in [0.3, 0.4) is 0 Å². The number of H-pyrrole nitrogens is 1. The molecular formula is C25H22F2N2O2. The maximum absolute atomic E-state index is 12.6. The molecule has 1 amide bonds. The average molecular weight is 420 g/mol. The minimum Gasteiger partial charge on any atom is -0.435 e. The van der Waals surface area contributed by atoms with Gasteiger partial charge < -0.3 is 15.0 Å². The van der Waals surface area contributed by atoms with Crippen molar-refractivity contribution in [2.45, 2.75) is 19.0 Å². The van der Waals surface area contributed by atoms with Gasteiger partial charge in [-0.15, -0.1) is 0 Å². The molecule has 0 spiro atoms. The maximum Gasteiger partial charge on any atom is 0.387 e. The molecule has 0 bridgehead atoms. The van der Waals surface area contributed by atoms with Gasteiger partial charge in [0, 0.05) is 29.6 Å². The van der Waals surface area contributed by atoms with Crippen LogP contribution >= 0.6 is 0 Å². The van der Waals surface area contributed by atoms with Crippen LogP contribution in [0.4, 0.5) is 8.78 Å². The summed E-state index contributed by atoms with van der Waals surface area (Å²) in [4.78, 5) is 15.9. The second-order valence-corrected chi connectivity index (χ2v) is 7.26. The smallest absolute Gasteiger partial charge is 0.387 e. The molecule has 0 radical (unpaired) electrons. The Bertz CT molecular complexity index is 1140. The largest absolute Gasteiger partial charge is 0.435 e. The number of para-hydroxylation sites is 1. The number of rotatable bonds is 8. The van der Waals surface area contributed by atoms with Gasteiger partial charge in [-0.1, -0.05) is 60.7 Å². The molecule has 4 aromatic rings. The molecule has 0 saturated carbocycles. The number of halogens is 2. The normalized spacial score (nSPS) is 12.1. The highest BCUT2D eigenvalue weighted by Gasteiger charge is 2.19. The highest BCUT2D eigenvalue weighted by molar-refractivity contribution is 5.84. The zero-order chi connectivity index (χ0) is 21.6. The van der Waals surface area contributed by atoms with Gasteiger partial charge >= 0.3 is 6.61 Å². The lowest BCUT2D eigenvalue weighted by Crippen LogP contribution is -2.30. The van der Waals surface area contributed by atoms with E-state index in [0.717, 1.165) is 27.6 Å². The first-order valence-corrected chi connectivity index (χ1v) is 10.0. The lowest BCUT2D eigenvalue weighted by molar-refractivity contribution is -0.120. The van der Waals surface area contributed by atoms with Gasteiger partial charge in [0.2, 0.25) is 5.91 Å². The van der Waals surface area contributed by atoms with E-state index in [1.807, 2.05) is 42.6 Å². The number of alkyl halides is 2. The fraction of sp³-hybridized carbons (Fsp3) is 0.160. The number of ether oxygens (including phenoxy) is 1. The Morgan fingerprint density at radius 3 is 2.39 bits per heavy atom. The summed E-state index contributed by atoms with van der Waals surface area (Å²) >= 11 is 0. The van der Waals surface area contributed by atoms with Crippen molar-refractivity contribution in [3.05, 3.63) is 102 Å². The Balaban J connectivity index is 1.47. The molecule has 4 nitrogen and oxygen atoms in total. The second-order valence-electron chi connectivity index (χ2n) is 7.26. The number of hydrogen-bond donors (Lipinski definition) is 2. The minimum atomic E-state index is -2.87. The molecule has 0 saturated heterocycles. The van der Waals surface area contributed by atoms with Crippen LogP contribution in [0, 0.1) is 0 Å². The van der Waals surface area contributed by atoms with E-state index in [-0.39, 0.29) is 24.0 Å². The summed E-state index contributed by atoms with van der Waals surface area (Å²) < 4.78 is 28.9. The Morgan fingerprint density at radius 2 is 1.65 bits per heavy atom. The van der Waals surface area contributed by atoms with Gasteiger partial charge in [-0.3, -0.25) is 4.79 Å². The number of aromatic amines is 1. The van der Waals surface area contributed by atoms with E-state index < -0.39 is 6.61 Å². The third-order valence-corrected chi connectivity index (χ3v) is 5.22. The van der Waals surface area contributed by atoms with Crippen molar-refractivity contribution >= 4 is 16.8 Å². The van der Waals surface area contributed by atoms with Gasteiger partial charge in [-0.25, -0.2) is 0 Å². The Labute approximate surface area is 178 Å². The summed E-state index contributed by atoms with van der Waals surface area (Å²) in [6.07, 6.45) is 2.15. The van der Waals surface area contributed by atoms with Gasteiger partial charge in [-0.2, -0.15) is 8.78 Å².